The number of hydrogen-bond donors (Lipinski definition) is 2. The molecule has 0 fully saturated rings. The summed E-state index contributed by atoms with van der Waals surface area (Å²) in [6.45, 7) is 0. The van der Waals surface area contributed by atoms with Gasteiger partial charge in [-0.1, -0.05) is 6.07 Å². The first-order chi connectivity index (χ1) is 9.36. The van der Waals surface area contributed by atoms with Gasteiger partial charge in [0, 0.05) is 17.6 Å². The van der Waals surface area contributed by atoms with E-state index in [1.165, 1.54) is 6.07 Å². The van der Waals surface area contributed by atoms with Crippen LogP contribution in [-0.4, -0.2) is 10.9 Å². The lowest BCUT2D eigenvalue weighted by Gasteiger charge is -2.08. The number of amides is 1. The molecule has 20 heavy (non-hydrogen) atoms. The second-order valence-electron chi connectivity index (χ2n) is 4.01. The Bertz CT molecular complexity index is 624. The zero-order chi connectivity index (χ0) is 14.8. The minimum Gasteiger partial charge on any atom is -0.399 e. The molecule has 0 saturated carbocycles. The van der Waals surface area contributed by atoms with Crippen LogP contribution in [0.25, 0.3) is 0 Å². The molecule has 1 heterocycles. The van der Waals surface area contributed by atoms with Gasteiger partial charge in [-0.15, -0.1) is 0 Å². The summed E-state index contributed by atoms with van der Waals surface area (Å²) in [5.74, 6) is -0.558. The number of nitrogens with two attached hydrogens (primary N) is 1. The highest BCUT2D eigenvalue weighted by Crippen LogP contribution is 2.27. The van der Waals surface area contributed by atoms with Crippen molar-refractivity contribution >= 4 is 17.3 Å². The van der Waals surface area contributed by atoms with Gasteiger partial charge in [0.05, 0.1) is 5.56 Å². The average molecular weight is 281 g/mol. The van der Waals surface area contributed by atoms with Crippen LogP contribution in [-0.2, 0) is 6.18 Å². The lowest BCUT2D eigenvalue weighted by molar-refractivity contribution is -0.141. The Morgan fingerprint density at radius 2 is 1.95 bits per heavy atom. The minimum atomic E-state index is -4.52. The van der Waals surface area contributed by atoms with Crippen molar-refractivity contribution in [1.82, 2.24) is 4.98 Å². The molecule has 3 N–H and O–H groups in total. The summed E-state index contributed by atoms with van der Waals surface area (Å²) >= 11 is 0. The summed E-state index contributed by atoms with van der Waals surface area (Å²) in [6, 6.07) is 8.28. The summed E-state index contributed by atoms with van der Waals surface area (Å²) in [4.78, 5) is 15.0. The van der Waals surface area contributed by atoms with Crippen molar-refractivity contribution in [2.75, 3.05) is 11.1 Å². The molecule has 0 saturated heterocycles. The second-order valence-corrected chi connectivity index (χ2v) is 4.01. The van der Waals surface area contributed by atoms with Crippen molar-refractivity contribution in [3.8, 4) is 0 Å². The van der Waals surface area contributed by atoms with Gasteiger partial charge in [-0.05, 0) is 30.3 Å². The number of nitrogen functional groups attached to an aromatic ring is 1. The Balaban J connectivity index is 2.14. The molecule has 4 nitrogen and oxygen atoms in total. The number of nitrogens with zero attached hydrogens (tertiary/aromatic N) is 1. The third-order valence-corrected chi connectivity index (χ3v) is 2.46. The normalized spacial score (nSPS) is 11.2. The fourth-order valence-electron chi connectivity index (χ4n) is 1.52. The Hall–Kier alpha value is -2.57. The van der Waals surface area contributed by atoms with Gasteiger partial charge in [0.2, 0.25) is 0 Å². The lowest BCUT2D eigenvalue weighted by atomic mass is 10.2. The number of pyridine rings is 1. The number of aromatic nitrogens is 1. The molecule has 2 rings (SSSR count). The molecule has 0 radical (unpaired) electrons. The first kappa shape index (κ1) is 13.9. The Labute approximate surface area is 112 Å². The summed E-state index contributed by atoms with van der Waals surface area (Å²) < 4.78 is 37.0. The number of hydrogen-bond acceptors (Lipinski definition) is 3. The molecule has 7 heteroatoms. The van der Waals surface area contributed by atoms with Gasteiger partial charge in [0.15, 0.2) is 0 Å². The number of halogens is 3. The summed E-state index contributed by atoms with van der Waals surface area (Å²) in [6.07, 6.45) is -3.65. The monoisotopic (exact) mass is 281 g/mol. The third-order valence-electron chi connectivity index (χ3n) is 2.46. The zero-order valence-electron chi connectivity index (χ0n) is 10.1. The Kier molecular flexibility index (Phi) is 3.60. The maximum absolute atomic E-state index is 12.3. The molecule has 104 valence electrons. The predicted octanol–water partition coefficient (Wildman–Crippen LogP) is 2.93. The fraction of sp³-hybridized carbons (Fsp3) is 0.0769. The van der Waals surface area contributed by atoms with Crippen LogP contribution < -0.4 is 11.1 Å². The van der Waals surface area contributed by atoms with Gasteiger partial charge in [-0.25, -0.2) is 0 Å². The van der Waals surface area contributed by atoms with Crippen LogP contribution in [0.2, 0.25) is 0 Å². The van der Waals surface area contributed by atoms with E-state index < -0.39 is 17.8 Å². The van der Waals surface area contributed by atoms with Gasteiger partial charge in [0.25, 0.3) is 5.91 Å². The number of anilines is 2. The highest BCUT2D eigenvalue weighted by atomic mass is 19.4. The number of carbonyl (C=O) groups excluding carboxylic acids is 1. The maximum atomic E-state index is 12.3. The first-order valence-corrected chi connectivity index (χ1v) is 5.56. The van der Waals surface area contributed by atoms with E-state index in [1.807, 2.05) is 0 Å². The van der Waals surface area contributed by atoms with Gasteiger partial charge in [0.1, 0.15) is 5.69 Å². The van der Waals surface area contributed by atoms with Gasteiger partial charge in [-0.2, -0.15) is 13.2 Å². The molecule has 1 aromatic heterocycles. The van der Waals surface area contributed by atoms with E-state index in [1.54, 1.807) is 18.2 Å². The number of benzene rings is 1. The van der Waals surface area contributed by atoms with E-state index in [2.05, 4.69) is 10.3 Å². The zero-order valence-corrected chi connectivity index (χ0v) is 10.1. The highest BCUT2D eigenvalue weighted by molar-refractivity contribution is 6.04. The standard InChI is InChI=1S/C13H10F3N3O/c14-13(15,16)11-5-4-8(7-18-11)12(20)19-10-3-1-2-9(17)6-10/h1-7H,17H2,(H,19,20). The molecular formula is C13H10F3N3O. The number of rotatable bonds is 2. The molecule has 0 atom stereocenters. The molecule has 0 aliphatic heterocycles. The molecular weight excluding hydrogens is 271 g/mol. The van der Waals surface area contributed by atoms with Crippen LogP contribution >= 0.6 is 0 Å². The number of carbonyl (C=O) groups is 1. The van der Waals surface area contributed by atoms with Gasteiger partial charge >= 0.3 is 6.18 Å². The van der Waals surface area contributed by atoms with E-state index >= 15 is 0 Å². The topological polar surface area (TPSA) is 68.0 Å². The van der Waals surface area contributed by atoms with E-state index in [-0.39, 0.29) is 5.56 Å². The Morgan fingerprint density at radius 1 is 1.20 bits per heavy atom. The molecule has 0 aliphatic carbocycles. The molecule has 1 amide bonds. The minimum absolute atomic E-state index is 0.0282. The van der Waals surface area contributed by atoms with Crippen LogP contribution in [0.1, 0.15) is 16.1 Å². The van der Waals surface area contributed by atoms with Crippen LogP contribution in [0.5, 0.6) is 0 Å². The predicted molar refractivity (Wildman–Crippen MR) is 68.0 cm³/mol. The quantitative estimate of drug-likeness (QED) is 0.832. The molecule has 0 aliphatic rings. The molecule has 0 spiro atoms. The number of nitrogens with one attached hydrogen (secondary N) is 1. The summed E-state index contributed by atoms with van der Waals surface area (Å²) in [7, 11) is 0. The summed E-state index contributed by atoms with van der Waals surface area (Å²) in [5.41, 5.74) is 5.46. The van der Waals surface area contributed by atoms with Crippen molar-refractivity contribution in [2.24, 2.45) is 0 Å². The van der Waals surface area contributed by atoms with Crippen LogP contribution in [0, 0.1) is 0 Å². The first-order valence-electron chi connectivity index (χ1n) is 5.56. The van der Waals surface area contributed by atoms with Crippen molar-refractivity contribution in [3.63, 3.8) is 0 Å². The van der Waals surface area contributed by atoms with Crippen LogP contribution in [0.15, 0.2) is 42.6 Å². The molecule has 0 bridgehead atoms. The van der Waals surface area contributed by atoms with E-state index in [0.29, 0.717) is 11.4 Å². The SMILES string of the molecule is Nc1cccc(NC(=O)c2ccc(C(F)(F)F)nc2)c1. The lowest BCUT2D eigenvalue weighted by Crippen LogP contribution is -2.14. The van der Waals surface area contributed by atoms with Crippen molar-refractivity contribution < 1.29 is 18.0 Å². The van der Waals surface area contributed by atoms with Crippen LogP contribution in [0.4, 0.5) is 24.5 Å². The second kappa shape index (κ2) is 5.20. The Morgan fingerprint density at radius 3 is 2.50 bits per heavy atom. The molecule has 0 unspecified atom stereocenters. The largest absolute Gasteiger partial charge is 0.433 e. The highest BCUT2D eigenvalue weighted by Gasteiger charge is 2.32. The average Bonchev–Trinajstić information content (AvgIpc) is 2.38. The number of alkyl halides is 3. The van der Waals surface area contributed by atoms with E-state index in [4.69, 9.17) is 5.73 Å². The van der Waals surface area contributed by atoms with Crippen molar-refractivity contribution in [3.05, 3.63) is 53.9 Å². The summed E-state index contributed by atoms with van der Waals surface area (Å²) in [5, 5.41) is 2.52. The third kappa shape index (κ3) is 3.25. The van der Waals surface area contributed by atoms with Crippen molar-refractivity contribution in [2.45, 2.75) is 6.18 Å². The fourth-order valence-corrected chi connectivity index (χ4v) is 1.52. The van der Waals surface area contributed by atoms with E-state index in [9.17, 15) is 18.0 Å². The molecule has 2 aromatic rings. The maximum Gasteiger partial charge on any atom is 0.433 e. The van der Waals surface area contributed by atoms with Crippen LogP contribution in [0.3, 0.4) is 0 Å². The van der Waals surface area contributed by atoms with Gasteiger partial charge in [-0.3, -0.25) is 9.78 Å². The van der Waals surface area contributed by atoms with Crippen molar-refractivity contribution in [1.29, 1.82) is 0 Å². The van der Waals surface area contributed by atoms with Gasteiger partial charge < -0.3 is 11.1 Å². The smallest absolute Gasteiger partial charge is 0.399 e. The van der Waals surface area contributed by atoms with E-state index in [0.717, 1.165) is 18.3 Å². The molecule has 1 aromatic carbocycles.